The summed E-state index contributed by atoms with van der Waals surface area (Å²) >= 11 is 0. The SMILES string of the molecule is CC(C)Oc1cccc(C(=O)Cc2cccc3ccc(C(=O)O)nc23)c1. The molecule has 0 bridgehead atoms. The van der Waals surface area contributed by atoms with Crippen molar-refractivity contribution < 1.29 is 19.4 Å². The van der Waals surface area contributed by atoms with E-state index in [9.17, 15) is 9.59 Å². The molecule has 5 heteroatoms. The molecule has 3 aromatic rings. The molecule has 0 saturated carbocycles. The summed E-state index contributed by atoms with van der Waals surface area (Å²) < 4.78 is 5.64. The van der Waals surface area contributed by atoms with E-state index in [1.165, 1.54) is 6.07 Å². The molecule has 0 aliphatic heterocycles. The largest absolute Gasteiger partial charge is 0.491 e. The third-order valence-corrected chi connectivity index (χ3v) is 3.90. The lowest BCUT2D eigenvalue weighted by molar-refractivity contribution is 0.0690. The van der Waals surface area contributed by atoms with Gasteiger partial charge in [-0.25, -0.2) is 9.78 Å². The van der Waals surface area contributed by atoms with Crippen molar-refractivity contribution >= 4 is 22.7 Å². The Bertz CT molecular complexity index is 979. The standard InChI is InChI=1S/C21H19NO4/c1-13(2)26-17-8-4-6-15(11-17)19(23)12-16-7-3-5-14-9-10-18(21(24)25)22-20(14)16/h3-11,13H,12H2,1-2H3,(H,24,25). The van der Waals surface area contributed by atoms with E-state index in [2.05, 4.69) is 4.98 Å². The second-order valence-corrected chi connectivity index (χ2v) is 6.28. The molecule has 0 radical (unpaired) electrons. The first-order valence-electron chi connectivity index (χ1n) is 8.36. The van der Waals surface area contributed by atoms with Crippen LogP contribution in [0.5, 0.6) is 5.75 Å². The molecule has 5 nitrogen and oxygen atoms in total. The highest BCUT2D eigenvalue weighted by Crippen LogP contribution is 2.21. The molecule has 0 fully saturated rings. The van der Waals surface area contributed by atoms with E-state index in [1.54, 1.807) is 30.3 Å². The van der Waals surface area contributed by atoms with Gasteiger partial charge in [0.05, 0.1) is 11.6 Å². The topological polar surface area (TPSA) is 76.5 Å². The number of aromatic carboxylic acids is 1. The zero-order valence-electron chi connectivity index (χ0n) is 14.6. The van der Waals surface area contributed by atoms with Gasteiger partial charge >= 0.3 is 5.97 Å². The Labute approximate surface area is 151 Å². The van der Waals surface area contributed by atoms with Gasteiger partial charge in [-0.2, -0.15) is 0 Å². The Morgan fingerprint density at radius 3 is 2.58 bits per heavy atom. The van der Waals surface area contributed by atoms with Crippen LogP contribution in [0.25, 0.3) is 10.9 Å². The average Bonchev–Trinajstić information content (AvgIpc) is 2.61. The molecule has 26 heavy (non-hydrogen) atoms. The van der Waals surface area contributed by atoms with Crippen molar-refractivity contribution in [2.45, 2.75) is 26.4 Å². The van der Waals surface area contributed by atoms with Gasteiger partial charge in [0.2, 0.25) is 0 Å². The van der Waals surface area contributed by atoms with E-state index in [0.717, 1.165) is 5.39 Å². The van der Waals surface area contributed by atoms with Crippen LogP contribution in [0.1, 0.15) is 40.3 Å². The monoisotopic (exact) mass is 349 g/mol. The average molecular weight is 349 g/mol. The van der Waals surface area contributed by atoms with Crippen molar-refractivity contribution in [1.29, 1.82) is 0 Å². The molecular formula is C21H19NO4. The maximum atomic E-state index is 12.7. The molecule has 0 spiro atoms. The van der Waals surface area contributed by atoms with E-state index < -0.39 is 5.97 Å². The number of ether oxygens (including phenoxy) is 1. The van der Waals surface area contributed by atoms with Crippen molar-refractivity contribution in [2.75, 3.05) is 0 Å². The number of carboxylic acids is 1. The number of pyridine rings is 1. The Balaban J connectivity index is 1.92. The summed E-state index contributed by atoms with van der Waals surface area (Å²) in [5, 5.41) is 9.96. The lowest BCUT2D eigenvalue weighted by Gasteiger charge is -2.11. The van der Waals surface area contributed by atoms with E-state index in [-0.39, 0.29) is 24.0 Å². The molecule has 1 aromatic heterocycles. The minimum absolute atomic E-state index is 0.0251. The van der Waals surface area contributed by atoms with Crippen LogP contribution in [-0.4, -0.2) is 27.9 Å². The predicted molar refractivity (Wildman–Crippen MR) is 98.9 cm³/mol. The van der Waals surface area contributed by atoms with Gasteiger partial charge in [-0.15, -0.1) is 0 Å². The minimum Gasteiger partial charge on any atom is -0.491 e. The van der Waals surface area contributed by atoms with Crippen LogP contribution in [0.4, 0.5) is 0 Å². The second-order valence-electron chi connectivity index (χ2n) is 6.28. The number of rotatable bonds is 6. The maximum absolute atomic E-state index is 12.7. The van der Waals surface area contributed by atoms with Crippen LogP contribution in [0, 0.1) is 0 Å². The summed E-state index contributed by atoms with van der Waals surface area (Å²) in [6, 6.07) is 15.7. The highest BCUT2D eigenvalue weighted by Gasteiger charge is 2.13. The maximum Gasteiger partial charge on any atom is 0.354 e. The quantitative estimate of drug-likeness (QED) is 0.677. The number of aromatic nitrogens is 1. The summed E-state index contributed by atoms with van der Waals surface area (Å²) in [5.74, 6) is -0.518. The molecule has 0 amide bonds. The van der Waals surface area contributed by atoms with Crippen LogP contribution in [0.2, 0.25) is 0 Å². The van der Waals surface area contributed by atoms with Gasteiger partial charge in [0.15, 0.2) is 5.78 Å². The highest BCUT2D eigenvalue weighted by atomic mass is 16.5. The second kappa shape index (κ2) is 7.35. The number of carboxylic acid groups (broad SMARTS) is 1. The van der Waals surface area contributed by atoms with Crippen molar-refractivity contribution in [1.82, 2.24) is 4.98 Å². The first-order valence-corrected chi connectivity index (χ1v) is 8.36. The summed E-state index contributed by atoms with van der Waals surface area (Å²) in [5.41, 5.74) is 1.75. The van der Waals surface area contributed by atoms with Crippen molar-refractivity contribution in [3.63, 3.8) is 0 Å². The molecule has 1 heterocycles. The molecular weight excluding hydrogens is 330 g/mol. The van der Waals surface area contributed by atoms with Gasteiger partial charge < -0.3 is 9.84 Å². The van der Waals surface area contributed by atoms with Crippen molar-refractivity contribution in [2.24, 2.45) is 0 Å². The number of fused-ring (bicyclic) bond motifs is 1. The molecule has 0 aliphatic carbocycles. The Kier molecular flexibility index (Phi) is 4.98. The fourth-order valence-electron chi connectivity index (χ4n) is 2.76. The van der Waals surface area contributed by atoms with Gasteiger partial charge in [-0.1, -0.05) is 36.4 Å². The Hall–Kier alpha value is -3.21. The van der Waals surface area contributed by atoms with Crippen LogP contribution in [0.15, 0.2) is 54.6 Å². The Morgan fingerprint density at radius 1 is 1.08 bits per heavy atom. The lowest BCUT2D eigenvalue weighted by atomic mass is 10.00. The number of ketones is 1. The number of carbonyl (C=O) groups excluding carboxylic acids is 1. The zero-order valence-corrected chi connectivity index (χ0v) is 14.6. The zero-order chi connectivity index (χ0) is 18.7. The minimum atomic E-state index is -1.09. The van der Waals surface area contributed by atoms with E-state index >= 15 is 0 Å². The molecule has 2 aromatic carbocycles. The molecule has 0 unspecified atom stereocenters. The molecule has 1 N–H and O–H groups in total. The molecule has 3 rings (SSSR count). The summed E-state index contributed by atoms with van der Waals surface area (Å²) in [7, 11) is 0. The number of benzene rings is 2. The predicted octanol–water partition coefficient (Wildman–Crippen LogP) is 4.15. The van der Waals surface area contributed by atoms with Crippen molar-refractivity contribution in [3.8, 4) is 5.75 Å². The van der Waals surface area contributed by atoms with Gasteiger partial charge in [0, 0.05) is 17.4 Å². The van der Waals surface area contributed by atoms with E-state index in [0.29, 0.717) is 22.4 Å². The lowest BCUT2D eigenvalue weighted by Crippen LogP contribution is -2.08. The summed E-state index contributed by atoms with van der Waals surface area (Å²) in [6.45, 7) is 3.85. The smallest absolute Gasteiger partial charge is 0.354 e. The summed E-state index contributed by atoms with van der Waals surface area (Å²) in [4.78, 5) is 28.1. The number of para-hydroxylation sites is 1. The van der Waals surface area contributed by atoms with Gasteiger partial charge in [0.1, 0.15) is 11.4 Å². The molecule has 0 aliphatic rings. The number of hydrogen-bond acceptors (Lipinski definition) is 4. The summed E-state index contributed by atoms with van der Waals surface area (Å²) in [6.07, 6.45) is 0.162. The molecule has 0 atom stereocenters. The van der Waals surface area contributed by atoms with Crippen LogP contribution in [0.3, 0.4) is 0 Å². The van der Waals surface area contributed by atoms with E-state index in [4.69, 9.17) is 9.84 Å². The van der Waals surface area contributed by atoms with Gasteiger partial charge in [-0.05, 0) is 37.6 Å². The van der Waals surface area contributed by atoms with Crippen LogP contribution in [-0.2, 0) is 6.42 Å². The molecule has 0 saturated heterocycles. The first kappa shape index (κ1) is 17.6. The normalized spacial score (nSPS) is 10.9. The number of nitrogens with zero attached hydrogens (tertiary/aromatic N) is 1. The third-order valence-electron chi connectivity index (χ3n) is 3.90. The molecule has 132 valence electrons. The fourth-order valence-corrected chi connectivity index (χ4v) is 2.76. The highest BCUT2D eigenvalue weighted by molar-refractivity contribution is 6.00. The number of carbonyl (C=O) groups is 2. The Morgan fingerprint density at radius 2 is 1.85 bits per heavy atom. The third kappa shape index (κ3) is 3.88. The van der Waals surface area contributed by atoms with Gasteiger partial charge in [0.25, 0.3) is 0 Å². The van der Waals surface area contributed by atoms with E-state index in [1.807, 2.05) is 32.0 Å². The number of hydrogen-bond donors (Lipinski definition) is 1. The van der Waals surface area contributed by atoms with Crippen LogP contribution < -0.4 is 4.74 Å². The van der Waals surface area contributed by atoms with Crippen LogP contribution >= 0.6 is 0 Å². The first-order chi connectivity index (χ1) is 12.4. The van der Waals surface area contributed by atoms with Crippen molar-refractivity contribution in [3.05, 3.63) is 71.4 Å². The van der Waals surface area contributed by atoms with Gasteiger partial charge in [-0.3, -0.25) is 4.79 Å². The number of Topliss-reactive ketones (excluding diaryl/α,β-unsaturated/α-hetero) is 1. The fraction of sp³-hybridized carbons (Fsp3) is 0.190.